The van der Waals surface area contributed by atoms with Crippen molar-refractivity contribution in [2.24, 2.45) is 0 Å². The van der Waals surface area contributed by atoms with Gasteiger partial charge < -0.3 is 25.0 Å². The lowest BCUT2D eigenvalue weighted by molar-refractivity contribution is 0.156. The summed E-state index contributed by atoms with van der Waals surface area (Å²) < 4.78 is 11.0. The van der Waals surface area contributed by atoms with Crippen LogP contribution in [-0.4, -0.2) is 55.8 Å². The second-order valence-electron chi connectivity index (χ2n) is 9.45. The fraction of sp³-hybridized carbons (Fsp3) is 0.407. The van der Waals surface area contributed by atoms with Gasteiger partial charge in [0, 0.05) is 34.8 Å². The molecule has 3 aromatic rings. The molecule has 0 unspecified atom stereocenters. The maximum absolute atomic E-state index is 12.8. The van der Waals surface area contributed by atoms with Crippen molar-refractivity contribution in [3.05, 3.63) is 60.3 Å². The lowest BCUT2D eigenvalue weighted by Crippen LogP contribution is -2.52. The van der Waals surface area contributed by atoms with Crippen LogP contribution in [0.1, 0.15) is 31.2 Å². The molecule has 2 aliphatic rings. The molecule has 178 valence electrons. The number of anilines is 1. The SMILES string of the molecule is COc1ccc([C@@]23CC[C@H](NC(=O)Nc4ccc5ncccc5c4)C[C@H]2N(C)CC3)cc1OC. The van der Waals surface area contributed by atoms with Crippen molar-refractivity contribution in [3.63, 3.8) is 0 Å². The van der Waals surface area contributed by atoms with Gasteiger partial charge in [-0.15, -0.1) is 0 Å². The van der Waals surface area contributed by atoms with E-state index in [-0.39, 0.29) is 17.5 Å². The Bertz CT molecular complexity index is 1200. The Morgan fingerprint density at radius 2 is 1.94 bits per heavy atom. The average molecular weight is 461 g/mol. The van der Waals surface area contributed by atoms with Crippen LogP contribution in [0.2, 0.25) is 0 Å². The number of rotatable bonds is 5. The fourth-order valence-corrected chi connectivity index (χ4v) is 5.90. The summed E-state index contributed by atoms with van der Waals surface area (Å²) in [4.78, 5) is 19.6. The van der Waals surface area contributed by atoms with Crippen molar-refractivity contribution >= 4 is 22.6 Å². The molecule has 2 fully saturated rings. The van der Waals surface area contributed by atoms with Gasteiger partial charge in [-0.2, -0.15) is 0 Å². The molecule has 0 radical (unpaired) electrons. The quantitative estimate of drug-likeness (QED) is 0.584. The van der Waals surface area contributed by atoms with Crippen LogP contribution in [0, 0.1) is 0 Å². The van der Waals surface area contributed by atoms with Crippen LogP contribution >= 0.6 is 0 Å². The zero-order chi connectivity index (χ0) is 23.7. The van der Waals surface area contributed by atoms with Crippen LogP contribution in [-0.2, 0) is 5.41 Å². The predicted octanol–water partition coefficient (Wildman–Crippen LogP) is 4.57. The molecule has 1 aromatic heterocycles. The summed E-state index contributed by atoms with van der Waals surface area (Å²) in [7, 11) is 5.54. The van der Waals surface area contributed by atoms with Gasteiger partial charge in [0.05, 0.1) is 19.7 Å². The smallest absolute Gasteiger partial charge is 0.319 e. The van der Waals surface area contributed by atoms with E-state index in [0.717, 1.165) is 60.3 Å². The number of nitrogens with zero attached hydrogens (tertiary/aromatic N) is 2. The molecule has 2 amide bonds. The molecule has 0 spiro atoms. The monoisotopic (exact) mass is 460 g/mol. The van der Waals surface area contributed by atoms with Crippen molar-refractivity contribution in [1.29, 1.82) is 0 Å². The molecule has 1 aliphatic heterocycles. The van der Waals surface area contributed by atoms with Crippen molar-refractivity contribution in [2.45, 2.75) is 43.2 Å². The Kier molecular flexibility index (Phi) is 6.04. The van der Waals surface area contributed by atoms with E-state index in [1.165, 1.54) is 5.56 Å². The van der Waals surface area contributed by atoms with E-state index < -0.39 is 0 Å². The molecule has 0 bridgehead atoms. The van der Waals surface area contributed by atoms with Gasteiger partial charge in [-0.3, -0.25) is 4.98 Å². The number of hydrogen-bond acceptors (Lipinski definition) is 5. The van der Waals surface area contributed by atoms with Crippen LogP contribution in [0.4, 0.5) is 10.5 Å². The van der Waals surface area contributed by atoms with Crippen LogP contribution in [0.25, 0.3) is 10.9 Å². The van der Waals surface area contributed by atoms with E-state index >= 15 is 0 Å². The number of nitrogens with one attached hydrogen (secondary N) is 2. The van der Waals surface area contributed by atoms with Gasteiger partial charge >= 0.3 is 6.03 Å². The third kappa shape index (κ3) is 4.05. The molecule has 7 heteroatoms. The van der Waals surface area contributed by atoms with Crippen molar-refractivity contribution in [1.82, 2.24) is 15.2 Å². The van der Waals surface area contributed by atoms with Crippen LogP contribution in [0.3, 0.4) is 0 Å². The summed E-state index contributed by atoms with van der Waals surface area (Å²) in [5.41, 5.74) is 3.05. The van der Waals surface area contributed by atoms with E-state index in [0.29, 0.717) is 6.04 Å². The van der Waals surface area contributed by atoms with Gasteiger partial charge in [-0.05, 0) is 81.2 Å². The standard InChI is InChI=1S/C27H32N4O3/c1-31-14-12-27(19-6-9-23(33-2)24(16-19)34-3)11-10-21(17-25(27)31)30-26(32)29-20-7-8-22-18(15-20)5-4-13-28-22/h4-9,13,15-16,21,25H,10-12,14,17H2,1-3H3,(H2,29,30,32)/t21-,25+,27-/m0/s1. The highest BCUT2D eigenvalue weighted by Crippen LogP contribution is 2.49. The predicted molar refractivity (Wildman–Crippen MR) is 134 cm³/mol. The lowest BCUT2D eigenvalue weighted by Gasteiger charge is -2.45. The van der Waals surface area contributed by atoms with Gasteiger partial charge in [0.1, 0.15) is 0 Å². The minimum absolute atomic E-state index is 0.0638. The van der Waals surface area contributed by atoms with E-state index in [4.69, 9.17) is 9.47 Å². The number of likely N-dealkylation sites (tertiary alicyclic amines) is 1. The second kappa shape index (κ2) is 9.14. The topological polar surface area (TPSA) is 75.7 Å². The number of benzene rings is 2. The maximum atomic E-state index is 12.8. The Morgan fingerprint density at radius 1 is 1.09 bits per heavy atom. The van der Waals surface area contributed by atoms with E-state index in [9.17, 15) is 4.79 Å². The first-order valence-corrected chi connectivity index (χ1v) is 11.9. The number of aromatic nitrogens is 1. The Morgan fingerprint density at radius 3 is 2.76 bits per heavy atom. The molecular formula is C27H32N4O3. The number of fused-ring (bicyclic) bond motifs is 2. The second-order valence-corrected chi connectivity index (χ2v) is 9.45. The van der Waals surface area contributed by atoms with Gasteiger partial charge in [0.15, 0.2) is 11.5 Å². The highest BCUT2D eigenvalue weighted by molar-refractivity contribution is 5.92. The van der Waals surface area contributed by atoms with E-state index in [1.54, 1.807) is 20.4 Å². The number of carbonyl (C=O) groups excluding carboxylic acids is 1. The minimum atomic E-state index is -0.160. The fourth-order valence-electron chi connectivity index (χ4n) is 5.90. The third-order valence-electron chi connectivity index (χ3n) is 7.68. The highest BCUT2D eigenvalue weighted by atomic mass is 16.5. The first-order valence-electron chi connectivity index (χ1n) is 11.9. The normalized spacial score (nSPS) is 24.4. The maximum Gasteiger partial charge on any atom is 0.319 e. The average Bonchev–Trinajstić information content (AvgIpc) is 3.20. The molecular weight excluding hydrogens is 428 g/mol. The van der Waals surface area contributed by atoms with E-state index in [2.05, 4.69) is 39.7 Å². The lowest BCUT2D eigenvalue weighted by atomic mass is 9.65. The summed E-state index contributed by atoms with van der Waals surface area (Å²) in [5, 5.41) is 7.23. The molecule has 2 aromatic carbocycles. The van der Waals surface area contributed by atoms with Crippen molar-refractivity contribution < 1.29 is 14.3 Å². The Hall–Kier alpha value is -3.32. The summed E-state index contributed by atoms with van der Waals surface area (Å²) >= 11 is 0. The summed E-state index contributed by atoms with van der Waals surface area (Å²) in [6.07, 6.45) is 5.75. The molecule has 34 heavy (non-hydrogen) atoms. The molecule has 1 saturated carbocycles. The molecule has 7 nitrogen and oxygen atoms in total. The van der Waals surface area contributed by atoms with Crippen LogP contribution in [0.5, 0.6) is 11.5 Å². The minimum Gasteiger partial charge on any atom is -0.493 e. The van der Waals surface area contributed by atoms with Gasteiger partial charge in [0.2, 0.25) is 0 Å². The summed E-state index contributed by atoms with van der Waals surface area (Å²) in [6, 6.07) is 16.3. The Labute approximate surface area is 200 Å². The molecule has 5 rings (SSSR count). The Balaban J connectivity index is 1.29. The zero-order valence-electron chi connectivity index (χ0n) is 20.0. The number of carbonyl (C=O) groups is 1. The van der Waals surface area contributed by atoms with Gasteiger partial charge in [-0.25, -0.2) is 4.79 Å². The summed E-state index contributed by atoms with van der Waals surface area (Å²) in [5.74, 6) is 1.52. The highest BCUT2D eigenvalue weighted by Gasteiger charge is 2.50. The zero-order valence-corrected chi connectivity index (χ0v) is 20.0. The number of hydrogen-bond donors (Lipinski definition) is 2. The molecule has 3 atom stereocenters. The first-order chi connectivity index (χ1) is 16.5. The molecule has 2 heterocycles. The number of likely N-dealkylation sites (N-methyl/N-ethyl adjacent to an activating group) is 1. The number of ether oxygens (including phenoxy) is 2. The van der Waals surface area contributed by atoms with Crippen LogP contribution in [0.15, 0.2) is 54.7 Å². The van der Waals surface area contributed by atoms with Gasteiger partial charge in [0.25, 0.3) is 0 Å². The molecule has 1 saturated heterocycles. The number of methoxy groups -OCH3 is 2. The van der Waals surface area contributed by atoms with E-state index in [1.807, 2.05) is 36.4 Å². The summed E-state index contributed by atoms with van der Waals surface area (Å²) in [6.45, 7) is 1.04. The van der Waals surface area contributed by atoms with Crippen molar-refractivity contribution in [2.75, 3.05) is 33.1 Å². The molecule has 1 aliphatic carbocycles. The van der Waals surface area contributed by atoms with Crippen molar-refractivity contribution in [3.8, 4) is 11.5 Å². The first kappa shape index (κ1) is 22.5. The number of pyridine rings is 1. The largest absolute Gasteiger partial charge is 0.493 e. The van der Waals surface area contributed by atoms with Gasteiger partial charge in [-0.1, -0.05) is 12.1 Å². The third-order valence-corrected chi connectivity index (χ3v) is 7.68. The number of urea groups is 1. The number of amides is 2. The molecule has 2 N–H and O–H groups in total. The van der Waals surface area contributed by atoms with Crippen LogP contribution < -0.4 is 20.1 Å².